The molecule has 5 nitrogen and oxygen atoms in total. The largest absolute Gasteiger partial charge is 0.379 e. The molecule has 21 heavy (non-hydrogen) atoms. The first kappa shape index (κ1) is 16.9. The van der Waals surface area contributed by atoms with Gasteiger partial charge in [0, 0.05) is 30.1 Å². The summed E-state index contributed by atoms with van der Waals surface area (Å²) in [4.78, 5) is 3.34. The molecule has 0 amide bonds. The molecule has 1 N–H and O–H groups in total. The molecule has 0 unspecified atom stereocenters. The minimum absolute atomic E-state index is 0.154. The first-order valence-corrected chi connectivity index (χ1v) is 9.51. The van der Waals surface area contributed by atoms with Gasteiger partial charge in [0.05, 0.1) is 13.2 Å². The normalized spacial score (nSPS) is 22.4. The van der Waals surface area contributed by atoms with Crippen LogP contribution in [-0.4, -0.2) is 51.7 Å². The summed E-state index contributed by atoms with van der Waals surface area (Å²) in [5, 5.41) is 0. The van der Waals surface area contributed by atoms with Gasteiger partial charge in [-0.15, -0.1) is 11.3 Å². The lowest BCUT2D eigenvalue weighted by Crippen LogP contribution is -2.51. The predicted octanol–water partition coefficient (Wildman–Crippen LogP) is 1.75. The van der Waals surface area contributed by atoms with Crippen molar-refractivity contribution < 1.29 is 13.2 Å². The van der Waals surface area contributed by atoms with E-state index in [-0.39, 0.29) is 6.04 Å². The minimum Gasteiger partial charge on any atom is -0.379 e. The fraction of sp³-hybridized carbons (Fsp3) is 0.714. The van der Waals surface area contributed by atoms with Crippen molar-refractivity contribution in [3.05, 3.63) is 16.5 Å². The molecule has 1 aromatic heterocycles. The molecule has 1 fully saturated rings. The average Bonchev–Trinajstić information content (AvgIpc) is 2.77. The summed E-state index contributed by atoms with van der Waals surface area (Å²) in [7, 11) is -3.40. The smallest absolute Gasteiger partial charge is 0.250 e. The van der Waals surface area contributed by atoms with Crippen LogP contribution >= 0.6 is 11.3 Å². The predicted molar refractivity (Wildman–Crippen MR) is 85.4 cm³/mol. The summed E-state index contributed by atoms with van der Waals surface area (Å²) in [6, 6.07) is 2.22. The molecule has 0 saturated carbocycles. The molecule has 7 heteroatoms. The van der Waals surface area contributed by atoms with Crippen molar-refractivity contribution in [2.24, 2.45) is 0 Å². The highest BCUT2D eigenvalue weighted by molar-refractivity contribution is 7.91. The lowest BCUT2D eigenvalue weighted by atomic mass is 10.2. The van der Waals surface area contributed by atoms with Crippen molar-refractivity contribution in [1.82, 2.24) is 9.62 Å². The van der Waals surface area contributed by atoms with E-state index in [0.29, 0.717) is 30.0 Å². The van der Waals surface area contributed by atoms with E-state index in [4.69, 9.17) is 4.74 Å². The zero-order valence-electron chi connectivity index (χ0n) is 13.0. The van der Waals surface area contributed by atoms with Gasteiger partial charge >= 0.3 is 0 Å². The van der Waals surface area contributed by atoms with E-state index in [1.807, 2.05) is 13.8 Å². The Morgan fingerprint density at radius 2 is 2.24 bits per heavy atom. The lowest BCUT2D eigenvalue weighted by Gasteiger charge is -2.37. The van der Waals surface area contributed by atoms with Gasteiger partial charge in [-0.2, -0.15) is 0 Å². The number of ether oxygens (including phenoxy) is 1. The van der Waals surface area contributed by atoms with E-state index in [2.05, 4.69) is 23.5 Å². The zero-order chi connectivity index (χ0) is 15.6. The second-order valence-corrected chi connectivity index (χ2v) is 8.92. The Bertz CT molecular complexity index is 564. The van der Waals surface area contributed by atoms with Crippen molar-refractivity contribution in [2.45, 2.75) is 44.0 Å². The maximum atomic E-state index is 12.3. The quantitative estimate of drug-likeness (QED) is 0.892. The van der Waals surface area contributed by atoms with Crippen molar-refractivity contribution in [1.29, 1.82) is 0 Å². The van der Waals surface area contributed by atoms with E-state index >= 15 is 0 Å². The first-order chi connectivity index (χ1) is 9.81. The summed E-state index contributed by atoms with van der Waals surface area (Å²) < 4.78 is 33.2. The van der Waals surface area contributed by atoms with Crippen LogP contribution in [-0.2, 0) is 14.8 Å². The molecule has 120 valence electrons. The highest BCUT2D eigenvalue weighted by Gasteiger charge is 2.25. The summed E-state index contributed by atoms with van der Waals surface area (Å²) in [6.45, 7) is 10.7. The van der Waals surface area contributed by atoms with E-state index in [1.165, 1.54) is 11.3 Å². The number of morpholine rings is 1. The van der Waals surface area contributed by atoms with Gasteiger partial charge in [0.1, 0.15) is 4.21 Å². The summed E-state index contributed by atoms with van der Waals surface area (Å²) in [6.07, 6.45) is 0. The van der Waals surface area contributed by atoms with Crippen LogP contribution in [0.15, 0.2) is 10.3 Å². The van der Waals surface area contributed by atoms with Gasteiger partial charge < -0.3 is 4.74 Å². The molecule has 0 bridgehead atoms. The first-order valence-electron chi connectivity index (χ1n) is 7.21. The third-order valence-electron chi connectivity index (χ3n) is 3.96. The third-order valence-corrected chi connectivity index (χ3v) is 7.01. The van der Waals surface area contributed by atoms with Gasteiger partial charge in [0.2, 0.25) is 10.0 Å². The highest BCUT2D eigenvalue weighted by Crippen LogP contribution is 2.24. The van der Waals surface area contributed by atoms with Crippen LogP contribution in [0.3, 0.4) is 0 Å². The minimum atomic E-state index is -3.40. The van der Waals surface area contributed by atoms with Crippen LogP contribution in [0.4, 0.5) is 0 Å². The van der Waals surface area contributed by atoms with E-state index in [0.717, 1.165) is 17.0 Å². The molecule has 1 aliphatic rings. The summed E-state index contributed by atoms with van der Waals surface area (Å²) in [5.41, 5.74) is 1.02. The molecule has 2 rings (SSSR count). The van der Waals surface area contributed by atoms with Crippen molar-refractivity contribution >= 4 is 21.4 Å². The van der Waals surface area contributed by atoms with Gasteiger partial charge in [0.25, 0.3) is 0 Å². The Balaban J connectivity index is 1.98. The van der Waals surface area contributed by atoms with Gasteiger partial charge in [-0.05, 0) is 39.3 Å². The Morgan fingerprint density at radius 1 is 1.52 bits per heavy atom. The van der Waals surface area contributed by atoms with Crippen LogP contribution in [0.5, 0.6) is 0 Å². The van der Waals surface area contributed by atoms with Crippen molar-refractivity contribution in [3.8, 4) is 0 Å². The van der Waals surface area contributed by atoms with Gasteiger partial charge in [-0.1, -0.05) is 0 Å². The Morgan fingerprint density at radius 3 is 2.81 bits per heavy atom. The van der Waals surface area contributed by atoms with Gasteiger partial charge in [-0.25, -0.2) is 13.1 Å². The molecule has 2 heterocycles. The van der Waals surface area contributed by atoms with Gasteiger partial charge in [-0.3, -0.25) is 4.90 Å². The summed E-state index contributed by atoms with van der Waals surface area (Å²) >= 11 is 1.33. The van der Waals surface area contributed by atoms with Crippen LogP contribution < -0.4 is 4.72 Å². The van der Waals surface area contributed by atoms with E-state index < -0.39 is 10.0 Å². The molecule has 1 aliphatic heterocycles. The fourth-order valence-electron chi connectivity index (χ4n) is 2.49. The number of hydrogen-bond donors (Lipinski definition) is 1. The monoisotopic (exact) mass is 332 g/mol. The van der Waals surface area contributed by atoms with Crippen LogP contribution in [0.1, 0.15) is 24.3 Å². The zero-order valence-corrected chi connectivity index (χ0v) is 14.7. The number of nitrogens with one attached hydrogen (secondary N) is 1. The molecule has 0 radical (unpaired) electrons. The lowest BCUT2D eigenvalue weighted by molar-refractivity contribution is -0.0172. The molecular weight excluding hydrogens is 308 g/mol. The molecule has 0 spiro atoms. The Kier molecular flexibility index (Phi) is 5.43. The van der Waals surface area contributed by atoms with Crippen molar-refractivity contribution in [3.63, 3.8) is 0 Å². The number of nitrogens with zero attached hydrogens (tertiary/aromatic N) is 1. The number of aryl methyl sites for hydroxylation is 2. The second kappa shape index (κ2) is 6.75. The van der Waals surface area contributed by atoms with E-state index in [9.17, 15) is 8.42 Å². The average molecular weight is 332 g/mol. The standard InChI is InChI=1S/C14H24N2O3S2/c1-10-7-14(20-13(10)4)21(17,18)15-8-11(2)16-5-6-19-9-12(16)3/h7,11-12,15H,5-6,8-9H2,1-4H3/t11-,12-/m1/s1. The molecule has 0 aromatic carbocycles. The number of rotatable bonds is 5. The van der Waals surface area contributed by atoms with Crippen LogP contribution in [0.25, 0.3) is 0 Å². The topological polar surface area (TPSA) is 58.6 Å². The molecular formula is C14H24N2O3S2. The maximum absolute atomic E-state index is 12.3. The number of sulfonamides is 1. The summed E-state index contributed by atoms with van der Waals surface area (Å²) in [5.74, 6) is 0. The Labute approximate surface area is 131 Å². The molecule has 1 saturated heterocycles. The number of thiophene rings is 1. The third kappa shape index (κ3) is 4.04. The molecule has 1 aromatic rings. The molecule has 2 atom stereocenters. The van der Waals surface area contributed by atoms with Crippen molar-refractivity contribution in [2.75, 3.05) is 26.3 Å². The Hall–Kier alpha value is -0.470. The second-order valence-electron chi connectivity index (χ2n) is 5.67. The molecule has 0 aliphatic carbocycles. The van der Waals surface area contributed by atoms with Gasteiger partial charge in [0.15, 0.2) is 0 Å². The van der Waals surface area contributed by atoms with E-state index in [1.54, 1.807) is 6.07 Å². The SMILES string of the molecule is Cc1cc(S(=O)(=O)NC[C@@H](C)N2CCOC[C@H]2C)sc1C. The van der Waals surface area contributed by atoms with Crippen LogP contribution in [0, 0.1) is 13.8 Å². The highest BCUT2D eigenvalue weighted by atomic mass is 32.2. The number of hydrogen-bond acceptors (Lipinski definition) is 5. The maximum Gasteiger partial charge on any atom is 0.250 e. The van der Waals surface area contributed by atoms with Crippen LogP contribution in [0.2, 0.25) is 0 Å². The fourth-order valence-corrected chi connectivity index (χ4v) is 5.17.